The third-order valence-electron chi connectivity index (χ3n) is 6.09. The van der Waals surface area contributed by atoms with Gasteiger partial charge in [0, 0.05) is 43.0 Å². The molecular weight excluding hydrogens is 420 g/mol. The third-order valence-corrected chi connectivity index (χ3v) is 6.09. The Morgan fingerprint density at radius 1 is 0.970 bits per heavy atom. The summed E-state index contributed by atoms with van der Waals surface area (Å²) in [5.74, 6) is 2.58. The van der Waals surface area contributed by atoms with Gasteiger partial charge in [-0.15, -0.1) is 0 Å². The molecule has 1 aliphatic heterocycles. The summed E-state index contributed by atoms with van der Waals surface area (Å²) in [7, 11) is 4.98. The molecule has 7 nitrogen and oxygen atoms in total. The van der Waals surface area contributed by atoms with Crippen LogP contribution in [0.1, 0.15) is 29.0 Å². The maximum absolute atomic E-state index is 13.4. The van der Waals surface area contributed by atoms with Crippen molar-refractivity contribution in [1.29, 1.82) is 0 Å². The molecule has 1 aromatic heterocycles. The molecule has 1 amide bonds. The minimum atomic E-state index is -0.138. The number of benzene rings is 2. The maximum Gasteiger partial charge on any atom is 0.294 e. The Bertz CT molecular complexity index is 1060. The van der Waals surface area contributed by atoms with E-state index in [1.165, 1.54) is 6.26 Å². The van der Waals surface area contributed by atoms with Crippen LogP contribution in [-0.4, -0.2) is 51.3 Å². The van der Waals surface area contributed by atoms with Crippen LogP contribution in [0.25, 0.3) is 0 Å². The van der Waals surface area contributed by atoms with E-state index in [4.69, 9.17) is 18.6 Å². The van der Waals surface area contributed by atoms with Gasteiger partial charge in [-0.3, -0.25) is 9.69 Å². The second-order valence-corrected chi connectivity index (χ2v) is 8.04. The number of likely N-dealkylation sites (tertiary alicyclic amines) is 1. The summed E-state index contributed by atoms with van der Waals surface area (Å²) in [5, 5.41) is 0. The highest BCUT2D eigenvalue weighted by atomic mass is 16.5. The standard InChI is InChI=1S/C26H30N2O5/c1-30-22-7-4-6-21(17-22)28(26(29)25-8-5-15-33-25)20-11-13-27(14-12-20)18-19-16-23(31-2)9-10-24(19)32-3/h4-10,15-17,20H,11-14,18H2,1-3H3. The number of amides is 1. The van der Waals surface area contributed by atoms with Crippen molar-refractivity contribution in [3.63, 3.8) is 0 Å². The maximum atomic E-state index is 13.4. The van der Waals surface area contributed by atoms with E-state index in [1.54, 1.807) is 33.5 Å². The van der Waals surface area contributed by atoms with Crippen LogP contribution in [-0.2, 0) is 6.54 Å². The van der Waals surface area contributed by atoms with Crippen molar-refractivity contribution in [2.45, 2.75) is 25.4 Å². The molecule has 3 aromatic rings. The molecule has 174 valence electrons. The smallest absolute Gasteiger partial charge is 0.294 e. The third kappa shape index (κ3) is 5.14. The van der Waals surface area contributed by atoms with Crippen molar-refractivity contribution >= 4 is 11.6 Å². The molecule has 4 rings (SSSR count). The van der Waals surface area contributed by atoms with E-state index in [9.17, 15) is 4.79 Å². The molecule has 2 aromatic carbocycles. The molecule has 7 heteroatoms. The second kappa shape index (κ2) is 10.4. The molecule has 0 spiro atoms. The van der Waals surface area contributed by atoms with Crippen LogP contribution < -0.4 is 19.1 Å². The number of methoxy groups -OCH3 is 3. The first-order chi connectivity index (χ1) is 16.1. The zero-order chi connectivity index (χ0) is 23.2. The summed E-state index contributed by atoms with van der Waals surface area (Å²) in [6.07, 6.45) is 3.22. The van der Waals surface area contributed by atoms with Gasteiger partial charge >= 0.3 is 0 Å². The number of nitrogens with zero attached hydrogens (tertiary/aromatic N) is 2. The van der Waals surface area contributed by atoms with Crippen molar-refractivity contribution in [2.24, 2.45) is 0 Å². The van der Waals surface area contributed by atoms with Gasteiger partial charge < -0.3 is 23.5 Å². The summed E-state index contributed by atoms with van der Waals surface area (Å²) in [6.45, 7) is 2.48. The number of hydrogen-bond donors (Lipinski definition) is 0. The number of anilines is 1. The van der Waals surface area contributed by atoms with E-state index in [-0.39, 0.29) is 11.9 Å². The number of hydrogen-bond acceptors (Lipinski definition) is 6. The van der Waals surface area contributed by atoms with Gasteiger partial charge in [-0.25, -0.2) is 0 Å². The molecule has 0 bridgehead atoms. The van der Waals surface area contributed by atoms with Gasteiger partial charge in [0.15, 0.2) is 5.76 Å². The van der Waals surface area contributed by atoms with Crippen LogP contribution in [0.4, 0.5) is 5.69 Å². The highest BCUT2D eigenvalue weighted by molar-refractivity contribution is 6.04. The molecule has 0 saturated carbocycles. The van der Waals surface area contributed by atoms with Gasteiger partial charge in [-0.2, -0.15) is 0 Å². The minimum Gasteiger partial charge on any atom is -0.497 e. The average Bonchev–Trinajstić information content (AvgIpc) is 3.40. The lowest BCUT2D eigenvalue weighted by molar-refractivity contribution is 0.0931. The van der Waals surface area contributed by atoms with E-state index in [2.05, 4.69) is 4.90 Å². The Morgan fingerprint density at radius 2 is 1.73 bits per heavy atom. The molecule has 2 heterocycles. The number of rotatable bonds is 8. The molecular formula is C26H30N2O5. The van der Waals surface area contributed by atoms with E-state index < -0.39 is 0 Å². The SMILES string of the molecule is COc1cccc(N(C(=O)c2ccco2)C2CCN(Cc3cc(OC)ccc3OC)CC2)c1. The van der Waals surface area contributed by atoms with Crippen LogP contribution in [0.3, 0.4) is 0 Å². The van der Waals surface area contributed by atoms with Crippen LogP contribution in [0.5, 0.6) is 17.2 Å². The number of furan rings is 1. The van der Waals surface area contributed by atoms with Crippen LogP contribution >= 0.6 is 0 Å². The van der Waals surface area contributed by atoms with Crippen LogP contribution in [0, 0.1) is 0 Å². The molecule has 0 unspecified atom stereocenters. The van der Waals surface area contributed by atoms with Crippen LogP contribution in [0.2, 0.25) is 0 Å². The predicted molar refractivity (Wildman–Crippen MR) is 126 cm³/mol. The molecule has 0 radical (unpaired) electrons. The largest absolute Gasteiger partial charge is 0.497 e. The lowest BCUT2D eigenvalue weighted by Gasteiger charge is -2.38. The zero-order valence-corrected chi connectivity index (χ0v) is 19.3. The van der Waals surface area contributed by atoms with Gasteiger partial charge in [0.1, 0.15) is 17.2 Å². The first-order valence-electron chi connectivity index (χ1n) is 11.1. The second-order valence-electron chi connectivity index (χ2n) is 8.04. The predicted octanol–water partition coefficient (Wildman–Crippen LogP) is 4.62. The average molecular weight is 451 g/mol. The number of piperidine rings is 1. The Kier molecular flexibility index (Phi) is 7.19. The topological polar surface area (TPSA) is 64.4 Å². The van der Waals surface area contributed by atoms with E-state index >= 15 is 0 Å². The molecule has 0 N–H and O–H groups in total. The number of carbonyl (C=O) groups excluding carboxylic acids is 1. The van der Waals surface area contributed by atoms with Crippen molar-refractivity contribution in [1.82, 2.24) is 4.90 Å². The van der Waals surface area contributed by atoms with E-state index in [0.29, 0.717) is 11.5 Å². The van der Waals surface area contributed by atoms with Gasteiger partial charge in [0.25, 0.3) is 5.91 Å². The van der Waals surface area contributed by atoms with Crippen LogP contribution in [0.15, 0.2) is 65.3 Å². The van der Waals surface area contributed by atoms with Crippen molar-refractivity contribution in [3.8, 4) is 17.2 Å². The highest BCUT2D eigenvalue weighted by Gasteiger charge is 2.31. The molecule has 1 saturated heterocycles. The fourth-order valence-electron chi connectivity index (χ4n) is 4.36. The van der Waals surface area contributed by atoms with E-state index in [0.717, 1.165) is 55.2 Å². The number of carbonyl (C=O) groups is 1. The quantitative estimate of drug-likeness (QED) is 0.499. The summed E-state index contributed by atoms with van der Waals surface area (Å²) < 4.78 is 21.8. The van der Waals surface area contributed by atoms with Gasteiger partial charge in [0.2, 0.25) is 0 Å². The fourth-order valence-corrected chi connectivity index (χ4v) is 4.36. The van der Waals surface area contributed by atoms with Gasteiger partial charge in [0.05, 0.1) is 27.6 Å². The summed E-state index contributed by atoms with van der Waals surface area (Å²) >= 11 is 0. The van der Waals surface area contributed by atoms with Gasteiger partial charge in [-0.1, -0.05) is 6.07 Å². The first-order valence-corrected chi connectivity index (χ1v) is 11.1. The molecule has 1 fully saturated rings. The van der Waals surface area contributed by atoms with Crippen molar-refractivity contribution < 1.29 is 23.4 Å². The molecule has 1 aliphatic rings. The Labute approximate surface area is 194 Å². The Hall–Kier alpha value is -3.45. The lowest BCUT2D eigenvalue weighted by atomic mass is 10.0. The van der Waals surface area contributed by atoms with E-state index in [1.807, 2.05) is 47.4 Å². The summed E-state index contributed by atoms with van der Waals surface area (Å²) in [5.41, 5.74) is 1.90. The highest BCUT2D eigenvalue weighted by Crippen LogP contribution is 2.31. The molecule has 0 aliphatic carbocycles. The normalized spacial score (nSPS) is 14.6. The Balaban J connectivity index is 1.51. The van der Waals surface area contributed by atoms with Gasteiger partial charge in [-0.05, 0) is 55.3 Å². The van der Waals surface area contributed by atoms with Crippen molar-refractivity contribution in [3.05, 3.63) is 72.2 Å². The lowest BCUT2D eigenvalue weighted by Crippen LogP contribution is -2.47. The number of ether oxygens (including phenoxy) is 3. The monoisotopic (exact) mass is 450 g/mol. The fraction of sp³-hybridized carbons (Fsp3) is 0.346. The van der Waals surface area contributed by atoms with Crippen molar-refractivity contribution in [2.75, 3.05) is 39.3 Å². The minimum absolute atomic E-state index is 0.0539. The first kappa shape index (κ1) is 22.7. The summed E-state index contributed by atoms with van der Waals surface area (Å²) in [4.78, 5) is 17.6. The molecule has 33 heavy (non-hydrogen) atoms. The summed E-state index contributed by atoms with van der Waals surface area (Å²) in [6, 6.07) is 17.0. The Morgan fingerprint density at radius 3 is 2.39 bits per heavy atom. The molecule has 0 atom stereocenters. The zero-order valence-electron chi connectivity index (χ0n) is 19.3.